The minimum Gasteiger partial charge on any atom is -0.397 e. The highest BCUT2D eigenvalue weighted by Crippen LogP contribution is 2.33. The summed E-state index contributed by atoms with van der Waals surface area (Å²) in [5, 5.41) is 6.86. The lowest BCUT2D eigenvalue weighted by Crippen LogP contribution is -2.27. The summed E-state index contributed by atoms with van der Waals surface area (Å²) in [5.74, 6) is 0.680. The van der Waals surface area contributed by atoms with E-state index in [2.05, 4.69) is 43.5 Å². The summed E-state index contributed by atoms with van der Waals surface area (Å²) in [6.07, 6.45) is 2.46. The Balaban J connectivity index is 2.28. The molecule has 0 amide bonds. The zero-order valence-electron chi connectivity index (χ0n) is 11.7. The van der Waals surface area contributed by atoms with Crippen LogP contribution in [0.25, 0.3) is 0 Å². The highest BCUT2D eigenvalue weighted by Gasteiger charge is 2.18. The third-order valence-electron chi connectivity index (χ3n) is 3.66. The number of aryl methyl sites for hydroxylation is 1. The van der Waals surface area contributed by atoms with Crippen molar-refractivity contribution < 1.29 is 0 Å². The molecular formula is C15H25N3. The second-order valence-electron chi connectivity index (χ2n) is 5.62. The first-order valence-electron chi connectivity index (χ1n) is 6.95. The molecule has 3 heteroatoms. The molecule has 1 fully saturated rings. The van der Waals surface area contributed by atoms with Gasteiger partial charge in [-0.1, -0.05) is 0 Å². The van der Waals surface area contributed by atoms with E-state index in [4.69, 9.17) is 5.73 Å². The minimum absolute atomic E-state index is 0.413. The van der Waals surface area contributed by atoms with Crippen molar-refractivity contribution in [2.24, 2.45) is 0 Å². The third kappa shape index (κ3) is 2.96. The first-order valence-corrected chi connectivity index (χ1v) is 6.95. The van der Waals surface area contributed by atoms with E-state index < -0.39 is 0 Å². The SMILES string of the molecule is Cc1cc(N)c(NC(C)C)cc1C1CCNCC1. The summed E-state index contributed by atoms with van der Waals surface area (Å²) in [7, 11) is 0. The monoisotopic (exact) mass is 247 g/mol. The van der Waals surface area contributed by atoms with Crippen molar-refractivity contribution in [2.75, 3.05) is 24.1 Å². The highest BCUT2D eigenvalue weighted by molar-refractivity contribution is 5.69. The first kappa shape index (κ1) is 13.2. The van der Waals surface area contributed by atoms with Crippen LogP contribution in [-0.2, 0) is 0 Å². The largest absolute Gasteiger partial charge is 0.397 e. The summed E-state index contributed by atoms with van der Waals surface area (Å²) < 4.78 is 0. The Morgan fingerprint density at radius 3 is 2.56 bits per heavy atom. The van der Waals surface area contributed by atoms with Gasteiger partial charge in [-0.3, -0.25) is 0 Å². The van der Waals surface area contributed by atoms with Gasteiger partial charge in [-0.15, -0.1) is 0 Å². The molecule has 1 aromatic rings. The maximum Gasteiger partial charge on any atom is 0.0578 e. The maximum absolute atomic E-state index is 6.09. The predicted molar refractivity (Wildman–Crippen MR) is 79.2 cm³/mol. The lowest BCUT2D eigenvalue weighted by molar-refractivity contribution is 0.459. The topological polar surface area (TPSA) is 50.1 Å². The Hall–Kier alpha value is -1.22. The van der Waals surface area contributed by atoms with Crippen LogP contribution in [0.5, 0.6) is 0 Å². The van der Waals surface area contributed by atoms with E-state index in [0.29, 0.717) is 12.0 Å². The average Bonchev–Trinajstić information content (AvgIpc) is 2.33. The second-order valence-corrected chi connectivity index (χ2v) is 5.62. The number of nitrogens with two attached hydrogens (primary N) is 1. The van der Waals surface area contributed by atoms with Crippen LogP contribution in [0, 0.1) is 6.92 Å². The van der Waals surface area contributed by atoms with Gasteiger partial charge in [0.25, 0.3) is 0 Å². The highest BCUT2D eigenvalue weighted by atomic mass is 14.9. The molecule has 18 heavy (non-hydrogen) atoms. The molecule has 0 atom stereocenters. The fourth-order valence-electron chi connectivity index (χ4n) is 2.76. The van der Waals surface area contributed by atoms with Crippen molar-refractivity contribution >= 4 is 11.4 Å². The fourth-order valence-corrected chi connectivity index (χ4v) is 2.76. The normalized spacial score (nSPS) is 17.1. The number of rotatable bonds is 3. The lowest BCUT2D eigenvalue weighted by Gasteiger charge is -2.26. The van der Waals surface area contributed by atoms with Crippen molar-refractivity contribution in [3.63, 3.8) is 0 Å². The maximum atomic E-state index is 6.09. The van der Waals surface area contributed by atoms with Crippen molar-refractivity contribution in [2.45, 2.75) is 45.6 Å². The molecule has 0 saturated carbocycles. The average molecular weight is 247 g/mol. The van der Waals surface area contributed by atoms with Crippen LogP contribution < -0.4 is 16.4 Å². The molecule has 0 aromatic heterocycles. The van der Waals surface area contributed by atoms with Crippen LogP contribution in [-0.4, -0.2) is 19.1 Å². The number of hydrogen-bond acceptors (Lipinski definition) is 3. The molecule has 2 rings (SSSR count). The molecule has 0 spiro atoms. The molecule has 1 aliphatic rings. The van der Waals surface area contributed by atoms with E-state index >= 15 is 0 Å². The number of anilines is 2. The van der Waals surface area contributed by atoms with Gasteiger partial charge >= 0.3 is 0 Å². The zero-order valence-corrected chi connectivity index (χ0v) is 11.7. The number of nitrogen functional groups attached to an aromatic ring is 1. The number of hydrogen-bond donors (Lipinski definition) is 3. The minimum atomic E-state index is 0.413. The summed E-state index contributed by atoms with van der Waals surface area (Å²) >= 11 is 0. The van der Waals surface area contributed by atoms with Gasteiger partial charge in [0, 0.05) is 6.04 Å². The Kier molecular flexibility index (Phi) is 4.12. The second kappa shape index (κ2) is 5.61. The van der Waals surface area contributed by atoms with E-state index in [-0.39, 0.29) is 0 Å². The molecule has 0 bridgehead atoms. The van der Waals surface area contributed by atoms with E-state index in [1.165, 1.54) is 24.0 Å². The summed E-state index contributed by atoms with van der Waals surface area (Å²) in [4.78, 5) is 0. The Morgan fingerprint density at radius 2 is 1.94 bits per heavy atom. The van der Waals surface area contributed by atoms with Gasteiger partial charge in [0.1, 0.15) is 0 Å². The zero-order chi connectivity index (χ0) is 13.1. The molecule has 100 valence electrons. The van der Waals surface area contributed by atoms with Crippen LogP contribution in [0.4, 0.5) is 11.4 Å². The smallest absolute Gasteiger partial charge is 0.0578 e. The molecule has 1 saturated heterocycles. The first-order chi connectivity index (χ1) is 8.58. The molecule has 4 N–H and O–H groups in total. The van der Waals surface area contributed by atoms with Crippen LogP contribution in [0.1, 0.15) is 43.7 Å². The van der Waals surface area contributed by atoms with E-state index in [9.17, 15) is 0 Å². The molecule has 0 aliphatic carbocycles. The summed E-state index contributed by atoms with van der Waals surface area (Å²) in [6, 6.07) is 4.79. The van der Waals surface area contributed by atoms with Crippen molar-refractivity contribution in [3.05, 3.63) is 23.3 Å². The van der Waals surface area contributed by atoms with Crippen molar-refractivity contribution in [3.8, 4) is 0 Å². The Labute approximate surface area is 110 Å². The predicted octanol–water partition coefficient (Wildman–Crippen LogP) is 2.86. The van der Waals surface area contributed by atoms with E-state index in [0.717, 1.165) is 24.5 Å². The lowest BCUT2D eigenvalue weighted by atomic mass is 9.87. The van der Waals surface area contributed by atoms with Crippen LogP contribution in [0.2, 0.25) is 0 Å². The van der Waals surface area contributed by atoms with Crippen molar-refractivity contribution in [1.29, 1.82) is 0 Å². The third-order valence-corrected chi connectivity index (χ3v) is 3.66. The molecular weight excluding hydrogens is 222 g/mol. The number of piperidine rings is 1. The molecule has 1 heterocycles. The van der Waals surface area contributed by atoms with Crippen LogP contribution in [0.15, 0.2) is 12.1 Å². The molecule has 0 radical (unpaired) electrons. The molecule has 1 aromatic carbocycles. The van der Waals surface area contributed by atoms with E-state index in [1.54, 1.807) is 0 Å². The van der Waals surface area contributed by atoms with Gasteiger partial charge in [0.2, 0.25) is 0 Å². The number of nitrogens with one attached hydrogen (secondary N) is 2. The van der Waals surface area contributed by atoms with Crippen molar-refractivity contribution in [1.82, 2.24) is 5.32 Å². The quantitative estimate of drug-likeness (QED) is 0.720. The van der Waals surface area contributed by atoms with Crippen LogP contribution in [0.3, 0.4) is 0 Å². The molecule has 0 unspecified atom stereocenters. The van der Waals surface area contributed by atoms with Gasteiger partial charge < -0.3 is 16.4 Å². The fraction of sp³-hybridized carbons (Fsp3) is 0.600. The van der Waals surface area contributed by atoms with Crippen LogP contribution >= 0.6 is 0 Å². The Bertz CT molecular complexity index is 406. The number of benzene rings is 1. The van der Waals surface area contributed by atoms with Gasteiger partial charge in [-0.05, 0) is 75.9 Å². The summed E-state index contributed by atoms with van der Waals surface area (Å²) in [5.41, 5.74) is 10.8. The van der Waals surface area contributed by atoms with E-state index in [1.807, 2.05) is 0 Å². The Morgan fingerprint density at radius 1 is 1.28 bits per heavy atom. The standard InChI is InChI=1S/C15H25N3/c1-10(2)18-15-9-13(11(3)8-14(15)16)12-4-6-17-7-5-12/h8-10,12,17-18H,4-7,16H2,1-3H3. The molecule has 1 aliphatic heterocycles. The summed E-state index contributed by atoms with van der Waals surface area (Å²) in [6.45, 7) is 8.71. The van der Waals surface area contributed by atoms with Gasteiger partial charge in [-0.25, -0.2) is 0 Å². The van der Waals surface area contributed by atoms with Gasteiger partial charge in [0.15, 0.2) is 0 Å². The van der Waals surface area contributed by atoms with Gasteiger partial charge in [-0.2, -0.15) is 0 Å². The van der Waals surface area contributed by atoms with Gasteiger partial charge in [0.05, 0.1) is 11.4 Å². The molecule has 3 nitrogen and oxygen atoms in total.